The Balaban J connectivity index is 1.69. The predicted octanol–water partition coefficient (Wildman–Crippen LogP) is 2.85. The summed E-state index contributed by atoms with van der Waals surface area (Å²) in [6, 6.07) is 1.63. The Labute approximate surface area is 141 Å². The van der Waals surface area contributed by atoms with Crippen LogP contribution in [0.5, 0.6) is 0 Å². The molecule has 1 aliphatic carbocycles. The first-order valence-corrected chi connectivity index (χ1v) is 9.22. The molecule has 0 atom stereocenters. The first kappa shape index (κ1) is 18.5. The standard InChI is InChI=1S/C18H35N3O2/c1-14(2)20-10-12-21(13-11-20)16-8-6-15(7-9-16)19-17(22)23-18(3,4)5/h14-16H,6-13H2,1-5H3,(H,19,22)/t15-,16+. The van der Waals surface area contributed by atoms with Crippen LogP contribution in [-0.4, -0.2) is 65.8 Å². The minimum Gasteiger partial charge on any atom is -0.444 e. The van der Waals surface area contributed by atoms with Crippen molar-refractivity contribution in [3.8, 4) is 0 Å². The van der Waals surface area contributed by atoms with Gasteiger partial charge in [-0.2, -0.15) is 0 Å². The minimum absolute atomic E-state index is 0.272. The molecule has 1 N–H and O–H groups in total. The number of rotatable bonds is 3. The topological polar surface area (TPSA) is 44.8 Å². The van der Waals surface area contributed by atoms with Gasteiger partial charge in [-0.25, -0.2) is 4.79 Å². The minimum atomic E-state index is -0.419. The molecule has 0 bridgehead atoms. The molecule has 0 aromatic heterocycles. The summed E-state index contributed by atoms with van der Waals surface area (Å²) < 4.78 is 5.35. The normalized spacial score (nSPS) is 27.9. The highest BCUT2D eigenvalue weighted by atomic mass is 16.6. The molecule has 0 aromatic carbocycles. The molecular weight excluding hydrogens is 290 g/mol. The Bertz CT molecular complexity index is 376. The molecule has 1 heterocycles. The van der Waals surface area contributed by atoms with E-state index in [0.717, 1.165) is 12.8 Å². The van der Waals surface area contributed by atoms with Gasteiger partial charge in [0.25, 0.3) is 0 Å². The van der Waals surface area contributed by atoms with Crippen LogP contribution in [-0.2, 0) is 4.74 Å². The van der Waals surface area contributed by atoms with Crippen LogP contribution in [0.1, 0.15) is 60.3 Å². The number of piperazine rings is 1. The van der Waals surface area contributed by atoms with Crippen molar-refractivity contribution < 1.29 is 9.53 Å². The van der Waals surface area contributed by atoms with Crippen molar-refractivity contribution in [1.29, 1.82) is 0 Å². The highest BCUT2D eigenvalue weighted by molar-refractivity contribution is 5.68. The van der Waals surface area contributed by atoms with E-state index in [-0.39, 0.29) is 12.1 Å². The van der Waals surface area contributed by atoms with Gasteiger partial charge in [-0.1, -0.05) is 0 Å². The number of carbonyl (C=O) groups is 1. The van der Waals surface area contributed by atoms with Gasteiger partial charge < -0.3 is 10.1 Å². The van der Waals surface area contributed by atoms with Crippen molar-refractivity contribution in [3.05, 3.63) is 0 Å². The van der Waals surface area contributed by atoms with Crippen molar-refractivity contribution in [2.45, 2.75) is 84.0 Å². The maximum atomic E-state index is 11.9. The lowest BCUT2D eigenvalue weighted by Crippen LogP contribution is -2.53. The van der Waals surface area contributed by atoms with Gasteiger partial charge in [-0.05, 0) is 60.3 Å². The van der Waals surface area contributed by atoms with Gasteiger partial charge in [0.2, 0.25) is 0 Å². The molecule has 2 aliphatic rings. The van der Waals surface area contributed by atoms with Crippen LogP contribution in [0.15, 0.2) is 0 Å². The van der Waals surface area contributed by atoms with E-state index in [1.165, 1.54) is 39.0 Å². The van der Waals surface area contributed by atoms with Crippen molar-refractivity contribution in [3.63, 3.8) is 0 Å². The zero-order valence-electron chi connectivity index (χ0n) is 15.6. The van der Waals surface area contributed by atoms with Gasteiger partial charge >= 0.3 is 6.09 Å². The third-order valence-electron chi connectivity index (χ3n) is 5.01. The second-order valence-corrected chi connectivity index (χ2v) is 8.32. The molecule has 1 amide bonds. The summed E-state index contributed by atoms with van der Waals surface area (Å²) in [5.74, 6) is 0. The molecule has 0 unspecified atom stereocenters. The van der Waals surface area contributed by atoms with Gasteiger partial charge in [0.1, 0.15) is 5.60 Å². The molecular formula is C18H35N3O2. The van der Waals surface area contributed by atoms with E-state index in [0.29, 0.717) is 12.1 Å². The van der Waals surface area contributed by atoms with E-state index in [9.17, 15) is 4.79 Å². The Morgan fingerprint density at radius 2 is 1.61 bits per heavy atom. The van der Waals surface area contributed by atoms with Gasteiger partial charge in [0.15, 0.2) is 0 Å². The molecule has 2 rings (SSSR count). The molecule has 5 nitrogen and oxygen atoms in total. The average molecular weight is 325 g/mol. The quantitative estimate of drug-likeness (QED) is 0.866. The third-order valence-corrected chi connectivity index (χ3v) is 5.01. The van der Waals surface area contributed by atoms with E-state index >= 15 is 0 Å². The fourth-order valence-electron chi connectivity index (χ4n) is 3.68. The van der Waals surface area contributed by atoms with Crippen LogP contribution in [0.4, 0.5) is 4.79 Å². The van der Waals surface area contributed by atoms with Crippen molar-refractivity contribution in [2.24, 2.45) is 0 Å². The second kappa shape index (κ2) is 7.84. The van der Waals surface area contributed by atoms with Gasteiger partial charge in [0, 0.05) is 44.3 Å². The maximum Gasteiger partial charge on any atom is 0.407 e. The van der Waals surface area contributed by atoms with E-state index in [1.807, 2.05) is 20.8 Å². The van der Waals surface area contributed by atoms with Crippen LogP contribution in [0.25, 0.3) is 0 Å². The Morgan fingerprint density at radius 3 is 2.09 bits per heavy atom. The molecule has 0 aromatic rings. The second-order valence-electron chi connectivity index (χ2n) is 8.32. The summed E-state index contributed by atoms with van der Waals surface area (Å²) in [6.07, 6.45) is 4.22. The fraction of sp³-hybridized carbons (Fsp3) is 0.944. The number of amides is 1. The molecule has 0 spiro atoms. The van der Waals surface area contributed by atoms with Crippen LogP contribution in [0.3, 0.4) is 0 Å². The third kappa shape index (κ3) is 5.96. The van der Waals surface area contributed by atoms with Gasteiger partial charge in [-0.15, -0.1) is 0 Å². The smallest absolute Gasteiger partial charge is 0.407 e. The van der Waals surface area contributed by atoms with Crippen molar-refractivity contribution in [2.75, 3.05) is 26.2 Å². The monoisotopic (exact) mass is 325 g/mol. The molecule has 5 heteroatoms. The number of carbonyl (C=O) groups excluding carboxylic acids is 1. The van der Waals surface area contributed by atoms with E-state index < -0.39 is 5.60 Å². The van der Waals surface area contributed by atoms with Crippen LogP contribution in [0.2, 0.25) is 0 Å². The summed E-state index contributed by atoms with van der Waals surface area (Å²) in [7, 11) is 0. The highest BCUT2D eigenvalue weighted by Crippen LogP contribution is 2.24. The van der Waals surface area contributed by atoms with Crippen molar-refractivity contribution >= 4 is 6.09 Å². The Hall–Kier alpha value is -0.810. The van der Waals surface area contributed by atoms with E-state index in [1.54, 1.807) is 0 Å². The predicted molar refractivity (Wildman–Crippen MR) is 93.7 cm³/mol. The molecule has 1 aliphatic heterocycles. The molecule has 1 saturated carbocycles. The summed E-state index contributed by atoms with van der Waals surface area (Å²) in [5.41, 5.74) is -0.419. The van der Waals surface area contributed by atoms with Crippen LogP contribution in [0, 0.1) is 0 Å². The molecule has 134 valence electrons. The van der Waals surface area contributed by atoms with E-state index in [2.05, 4.69) is 29.0 Å². The summed E-state index contributed by atoms with van der Waals surface area (Å²) in [4.78, 5) is 17.1. The lowest BCUT2D eigenvalue weighted by Gasteiger charge is -2.43. The van der Waals surface area contributed by atoms with Crippen molar-refractivity contribution in [1.82, 2.24) is 15.1 Å². The Kier molecular flexibility index (Phi) is 6.32. The summed E-state index contributed by atoms with van der Waals surface area (Å²) >= 11 is 0. The van der Waals surface area contributed by atoms with Gasteiger partial charge in [0.05, 0.1) is 0 Å². The first-order chi connectivity index (χ1) is 10.7. The van der Waals surface area contributed by atoms with Crippen LogP contribution >= 0.6 is 0 Å². The zero-order chi connectivity index (χ0) is 17.0. The largest absolute Gasteiger partial charge is 0.444 e. The molecule has 1 saturated heterocycles. The number of ether oxygens (including phenoxy) is 1. The van der Waals surface area contributed by atoms with E-state index in [4.69, 9.17) is 4.74 Å². The summed E-state index contributed by atoms with van der Waals surface area (Å²) in [5, 5.41) is 3.03. The molecule has 2 fully saturated rings. The average Bonchev–Trinajstić information content (AvgIpc) is 2.46. The fourth-order valence-corrected chi connectivity index (χ4v) is 3.68. The molecule has 23 heavy (non-hydrogen) atoms. The number of nitrogens with zero attached hydrogens (tertiary/aromatic N) is 2. The maximum absolute atomic E-state index is 11.9. The zero-order valence-corrected chi connectivity index (χ0v) is 15.6. The molecule has 0 radical (unpaired) electrons. The number of hydrogen-bond donors (Lipinski definition) is 1. The number of alkyl carbamates (subject to hydrolysis) is 1. The number of nitrogens with one attached hydrogen (secondary N) is 1. The van der Waals surface area contributed by atoms with Gasteiger partial charge in [-0.3, -0.25) is 9.80 Å². The SMILES string of the molecule is CC(C)N1CCN([C@H]2CC[C@@H](NC(=O)OC(C)(C)C)CC2)CC1. The summed E-state index contributed by atoms with van der Waals surface area (Å²) in [6.45, 7) is 15.0. The van der Waals surface area contributed by atoms with Crippen LogP contribution < -0.4 is 5.32 Å². The lowest BCUT2D eigenvalue weighted by molar-refractivity contribution is 0.0432. The number of hydrogen-bond acceptors (Lipinski definition) is 4. The Morgan fingerprint density at radius 1 is 1.04 bits per heavy atom. The highest BCUT2D eigenvalue weighted by Gasteiger charge is 2.30. The first-order valence-electron chi connectivity index (χ1n) is 9.22. The lowest BCUT2D eigenvalue weighted by atomic mass is 9.90.